The Morgan fingerprint density at radius 1 is 0.946 bits per heavy atom. The summed E-state index contributed by atoms with van der Waals surface area (Å²) in [6, 6.07) is 10.3. The number of hydrogen-bond acceptors (Lipinski definition) is 7. The molecule has 0 saturated carbocycles. The van der Waals surface area contributed by atoms with Crippen molar-refractivity contribution in [3.05, 3.63) is 53.1 Å². The molecule has 1 fully saturated rings. The molecule has 0 aromatic heterocycles. The van der Waals surface area contributed by atoms with Crippen molar-refractivity contribution in [2.75, 3.05) is 48.1 Å². The van der Waals surface area contributed by atoms with Gasteiger partial charge in [-0.25, -0.2) is 0 Å². The lowest BCUT2D eigenvalue weighted by atomic mass is 9.78. The third kappa shape index (κ3) is 4.95. The Bertz CT molecular complexity index is 1160. The molecule has 2 aliphatic rings. The summed E-state index contributed by atoms with van der Waals surface area (Å²) in [5.74, 6) is 0.148. The fourth-order valence-electron chi connectivity index (χ4n) is 5.32. The van der Waals surface area contributed by atoms with Crippen LogP contribution in [0.2, 0.25) is 0 Å². The van der Waals surface area contributed by atoms with Crippen LogP contribution >= 0.6 is 0 Å². The number of carbonyl (C=O) groups excluding carboxylic acids is 3. The largest absolute Gasteiger partial charge is 0.497 e. The zero-order valence-corrected chi connectivity index (χ0v) is 22.0. The zero-order valence-electron chi connectivity index (χ0n) is 22.0. The number of methoxy groups -OCH3 is 3. The predicted molar refractivity (Wildman–Crippen MR) is 136 cm³/mol. The third-order valence-electron chi connectivity index (χ3n) is 7.32. The number of amides is 2. The van der Waals surface area contributed by atoms with E-state index in [0.717, 1.165) is 5.56 Å². The van der Waals surface area contributed by atoms with Gasteiger partial charge in [-0.1, -0.05) is 12.1 Å². The quantitative estimate of drug-likeness (QED) is 0.527. The summed E-state index contributed by atoms with van der Waals surface area (Å²) < 4.78 is 21.5. The number of fused-ring (bicyclic) bond motifs is 1. The van der Waals surface area contributed by atoms with Gasteiger partial charge in [0.05, 0.1) is 45.8 Å². The molecule has 2 aliphatic heterocycles. The first-order valence-corrected chi connectivity index (χ1v) is 12.5. The summed E-state index contributed by atoms with van der Waals surface area (Å²) in [6.45, 7) is 3.01. The van der Waals surface area contributed by atoms with E-state index in [1.54, 1.807) is 43.0 Å². The standard InChI is InChI=1S/C28H34N2O7/c1-6-37-28(33)18-11-13-30(14-12-18)27(32)24-20-15-22(35-4)23(36-5)16-21(20)26(31)29(2)25(24)17-7-9-19(34-3)10-8-17/h7-10,15-16,18,24-25H,6,11-14H2,1-5H3/t24-,25+/m1/s1. The van der Waals surface area contributed by atoms with Gasteiger partial charge in [-0.3, -0.25) is 14.4 Å². The SMILES string of the molecule is CCOC(=O)C1CCN(C(=O)[C@@H]2c3cc(OC)c(OC)cc3C(=O)N(C)[C@H]2c2ccc(OC)cc2)CC1. The molecule has 198 valence electrons. The summed E-state index contributed by atoms with van der Waals surface area (Å²) in [7, 11) is 6.34. The van der Waals surface area contributed by atoms with Crippen LogP contribution in [0.5, 0.6) is 17.2 Å². The van der Waals surface area contributed by atoms with Gasteiger partial charge in [0.25, 0.3) is 5.91 Å². The highest BCUT2D eigenvalue weighted by Gasteiger charge is 2.45. The first-order valence-electron chi connectivity index (χ1n) is 12.5. The molecule has 0 bridgehead atoms. The van der Waals surface area contributed by atoms with E-state index in [9.17, 15) is 14.4 Å². The van der Waals surface area contributed by atoms with Gasteiger partial charge in [-0.2, -0.15) is 0 Å². The Kier molecular flexibility index (Phi) is 7.90. The summed E-state index contributed by atoms with van der Waals surface area (Å²) in [5, 5.41) is 0. The van der Waals surface area contributed by atoms with Crippen LogP contribution in [0.1, 0.15) is 53.2 Å². The first-order chi connectivity index (χ1) is 17.8. The van der Waals surface area contributed by atoms with Gasteiger partial charge in [-0.05, 0) is 55.2 Å². The van der Waals surface area contributed by atoms with E-state index < -0.39 is 12.0 Å². The molecule has 0 spiro atoms. The molecule has 1 saturated heterocycles. The van der Waals surface area contributed by atoms with Crippen LogP contribution in [-0.2, 0) is 14.3 Å². The Balaban J connectivity index is 1.76. The van der Waals surface area contributed by atoms with Crippen molar-refractivity contribution in [2.24, 2.45) is 5.92 Å². The summed E-state index contributed by atoms with van der Waals surface area (Å²) in [5.41, 5.74) is 1.82. The number of benzene rings is 2. The normalized spacial score (nSPS) is 19.8. The summed E-state index contributed by atoms with van der Waals surface area (Å²) in [4.78, 5) is 43.4. The van der Waals surface area contributed by atoms with E-state index >= 15 is 0 Å². The van der Waals surface area contributed by atoms with Gasteiger partial charge in [0, 0.05) is 25.7 Å². The fourth-order valence-corrected chi connectivity index (χ4v) is 5.32. The van der Waals surface area contributed by atoms with Crippen molar-refractivity contribution in [3.63, 3.8) is 0 Å². The number of nitrogens with zero attached hydrogens (tertiary/aromatic N) is 2. The van der Waals surface area contributed by atoms with Gasteiger partial charge in [0.1, 0.15) is 5.75 Å². The highest BCUT2D eigenvalue weighted by molar-refractivity contribution is 6.02. The number of esters is 1. The molecule has 9 heteroatoms. The van der Waals surface area contributed by atoms with Crippen molar-refractivity contribution in [1.82, 2.24) is 9.80 Å². The molecule has 9 nitrogen and oxygen atoms in total. The number of likely N-dealkylation sites (N-methyl/N-ethyl adjacent to an activating group) is 1. The molecule has 0 N–H and O–H groups in total. The summed E-state index contributed by atoms with van der Waals surface area (Å²) >= 11 is 0. The number of carbonyl (C=O) groups is 3. The van der Waals surface area contributed by atoms with Crippen LogP contribution < -0.4 is 14.2 Å². The smallest absolute Gasteiger partial charge is 0.309 e. The number of ether oxygens (including phenoxy) is 4. The molecule has 4 rings (SSSR count). The minimum atomic E-state index is -0.676. The first kappa shape index (κ1) is 26.3. The van der Waals surface area contributed by atoms with Crippen LogP contribution in [0.25, 0.3) is 0 Å². The number of hydrogen-bond donors (Lipinski definition) is 0. The van der Waals surface area contributed by atoms with Crippen molar-refractivity contribution < 1.29 is 33.3 Å². The molecule has 2 aromatic carbocycles. The van der Waals surface area contributed by atoms with Crippen molar-refractivity contribution in [3.8, 4) is 17.2 Å². The fraction of sp³-hybridized carbons (Fsp3) is 0.464. The molecule has 2 heterocycles. The summed E-state index contributed by atoms with van der Waals surface area (Å²) in [6.07, 6.45) is 1.08. The maximum absolute atomic E-state index is 14.2. The maximum Gasteiger partial charge on any atom is 0.309 e. The van der Waals surface area contributed by atoms with E-state index in [4.69, 9.17) is 18.9 Å². The lowest BCUT2D eigenvalue weighted by Crippen LogP contribution is -2.49. The van der Waals surface area contributed by atoms with E-state index in [1.807, 2.05) is 24.3 Å². The average molecular weight is 511 g/mol. The highest BCUT2D eigenvalue weighted by atomic mass is 16.5. The van der Waals surface area contributed by atoms with Crippen LogP contribution in [0.15, 0.2) is 36.4 Å². The number of rotatable bonds is 7. The Hall–Kier alpha value is -3.75. The molecular weight excluding hydrogens is 476 g/mol. The van der Waals surface area contributed by atoms with Gasteiger partial charge < -0.3 is 28.7 Å². The predicted octanol–water partition coefficient (Wildman–Crippen LogP) is 3.42. The zero-order chi connectivity index (χ0) is 26.7. The van der Waals surface area contributed by atoms with Gasteiger partial charge in [-0.15, -0.1) is 0 Å². The van der Waals surface area contributed by atoms with E-state index in [-0.39, 0.29) is 23.7 Å². The average Bonchev–Trinajstić information content (AvgIpc) is 2.94. The molecule has 0 radical (unpaired) electrons. The van der Waals surface area contributed by atoms with Gasteiger partial charge in [0.2, 0.25) is 5.91 Å². The van der Waals surface area contributed by atoms with Crippen LogP contribution in [0, 0.1) is 5.92 Å². The third-order valence-corrected chi connectivity index (χ3v) is 7.32. The topological polar surface area (TPSA) is 94.6 Å². The second kappa shape index (κ2) is 11.1. The Morgan fingerprint density at radius 3 is 2.14 bits per heavy atom. The number of likely N-dealkylation sites (tertiary alicyclic amines) is 1. The molecule has 0 aliphatic carbocycles. The van der Waals surface area contributed by atoms with Crippen LogP contribution in [0.4, 0.5) is 0 Å². The molecule has 2 amide bonds. The molecule has 2 atom stereocenters. The van der Waals surface area contributed by atoms with Crippen molar-refractivity contribution in [1.29, 1.82) is 0 Å². The lowest BCUT2D eigenvalue weighted by molar-refractivity contribution is -0.151. The van der Waals surface area contributed by atoms with Gasteiger partial charge >= 0.3 is 5.97 Å². The Morgan fingerprint density at radius 2 is 1.57 bits per heavy atom. The van der Waals surface area contributed by atoms with E-state index in [1.165, 1.54) is 14.2 Å². The lowest BCUT2D eigenvalue weighted by Gasteiger charge is -2.43. The van der Waals surface area contributed by atoms with Crippen molar-refractivity contribution in [2.45, 2.75) is 31.7 Å². The monoisotopic (exact) mass is 510 g/mol. The second-order valence-electron chi connectivity index (χ2n) is 9.26. The van der Waals surface area contributed by atoms with Crippen LogP contribution in [0.3, 0.4) is 0 Å². The van der Waals surface area contributed by atoms with Crippen LogP contribution in [-0.4, -0.2) is 75.7 Å². The second-order valence-corrected chi connectivity index (χ2v) is 9.26. The van der Waals surface area contributed by atoms with E-state index in [0.29, 0.717) is 60.9 Å². The molecule has 0 unspecified atom stereocenters. The van der Waals surface area contributed by atoms with Gasteiger partial charge in [0.15, 0.2) is 11.5 Å². The van der Waals surface area contributed by atoms with E-state index in [2.05, 4.69) is 0 Å². The minimum Gasteiger partial charge on any atom is -0.497 e. The highest BCUT2D eigenvalue weighted by Crippen LogP contribution is 2.46. The Labute approximate surface area is 217 Å². The maximum atomic E-state index is 14.2. The molecule has 2 aromatic rings. The minimum absolute atomic E-state index is 0.101. The molecule has 37 heavy (non-hydrogen) atoms. The molecular formula is C28H34N2O7. The van der Waals surface area contributed by atoms with Crippen molar-refractivity contribution >= 4 is 17.8 Å². The number of piperidine rings is 1.